The minimum Gasteiger partial charge on any atom is -0.476 e. The summed E-state index contributed by atoms with van der Waals surface area (Å²) in [6.07, 6.45) is 1.89. The number of alkyl halides is 2. The van der Waals surface area contributed by atoms with Crippen LogP contribution in [0.2, 0.25) is 0 Å². The molecule has 0 bridgehead atoms. The van der Waals surface area contributed by atoms with Crippen molar-refractivity contribution in [3.05, 3.63) is 29.8 Å². The molecule has 0 saturated heterocycles. The van der Waals surface area contributed by atoms with Gasteiger partial charge < -0.3 is 9.94 Å². The Morgan fingerprint density at radius 2 is 1.89 bits per heavy atom. The standard InChI is InChI=1S/C11H9Cl2NO4S/c1-19-7-4-2-6(3-5-7)8(10(15)16)14-18-11(17)9(12)13/h2-5,9H,1H3,(H,15,16). The number of aliphatic carboxylic acids is 1. The van der Waals surface area contributed by atoms with Crippen molar-refractivity contribution in [2.45, 2.75) is 9.73 Å². The van der Waals surface area contributed by atoms with E-state index in [-0.39, 0.29) is 0 Å². The molecule has 0 aromatic heterocycles. The van der Waals surface area contributed by atoms with Gasteiger partial charge in [-0.3, -0.25) is 0 Å². The van der Waals surface area contributed by atoms with Crippen LogP contribution in [-0.2, 0) is 14.4 Å². The molecule has 102 valence electrons. The SMILES string of the molecule is CSc1ccc(C(=NOC(=O)C(Cl)Cl)C(=O)O)cc1. The van der Waals surface area contributed by atoms with Gasteiger partial charge in [0.1, 0.15) is 0 Å². The molecule has 0 unspecified atom stereocenters. The molecule has 0 aliphatic carbocycles. The summed E-state index contributed by atoms with van der Waals surface area (Å²) in [4.78, 5) is 25.9. The maximum atomic E-state index is 11.0. The van der Waals surface area contributed by atoms with E-state index in [0.717, 1.165) is 4.90 Å². The summed E-state index contributed by atoms with van der Waals surface area (Å²) in [6, 6.07) is 6.58. The lowest BCUT2D eigenvalue weighted by Gasteiger charge is -2.03. The number of oxime groups is 1. The third-order valence-corrected chi connectivity index (χ3v) is 3.07. The van der Waals surface area contributed by atoms with E-state index in [1.807, 2.05) is 6.26 Å². The van der Waals surface area contributed by atoms with Gasteiger partial charge in [-0.05, 0) is 18.4 Å². The van der Waals surface area contributed by atoms with E-state index in [2.05, 4.69) is 9.99 Å². The highest BCUT2D eigenvalue weighted by Crippen LogP contribution is 2.15. The van der Waals surface area contributed by atoms with Gasteiger partial charge in [-0.2, -0.15) is 0 Å². The molecule has 1 rings (SSSR count). The molecular weight excluding hydrogens is 313 g/mol. The number of rotatable bonds is 5. The average Bonchev–Trinajstić information content (AvgIpc) is 2.38. The summed E-state index contributed by atoms with van der Waals surface area (Å²) in [5.74, 6) is -2.37. The van der Waals surface area contributed by atoms with Gasteiger partial charge in [0.15, 0.2) is 5.71 Å². The van der Waals surface area contributed by atoms with Crippen molar-refractivity contribution in [2.24, 2.45) is 5.16 Å². The topological polar surface area (TPSA) is 76.0 Å². The number of thioether (sulfide) groups is 1. The van der Waals surface area contributed by atoms with Crippen molar-refractivity contribution in [3.8, 4) is 0 Å². The van der Waals surface area contributed by atoms with Crippen LogP contribution >= 0.6 is 35.0 Å². The lowest BCUT2D eigenvalue weighted by Crippen LogP contribution is -2.17. The highest BCUT2D eigenvalue weighted by molar-refractivity contribution is 7.98. The third kappa shape index (κ3) is 4.74. The quantitative estimate of drug-likeness (QED) is 0.296. The highest BCUT2D eigenvalue weighted by Gasteiger charge is 2.17. The number of halogens is 2. The first-order chi connectivity index (χ1) is 8.95. The van der Waals surface area contributed by atoms with Gasteiger partial charge in [0.05, 0.1) is 0 Å². The summed E-state index contributed by atoms with van der Waals surface area (Å²) < 4.78 is 0. The maximum absolute atomic E-state index is 11.0. The lowest BCUT2D eigenvalue weighted by atomic mass is 10.1. The van der Waals surface area contributed by atoms with Crippen LogP contribution in [0.5, 0.6) is 0 Å². The predicted octanol–water partition coefficient (Wildman–Crippen LogP) is 2.54. The molecule has 0 saturated carbocycles. The van der Waals surface area contributed by atoms with Crippen LogP contribution in [0.3, 0.4) is 0 Å². The van der Waals surface area contributed by atoms with Crippen molar-refractivity contribution in [1.82, 2.24) is 0 Å². The van der Waals surface area contributed by atoms with E-state index in [9.17, 15) is 9.59 Å². The molecule has 0 radical (unpaired) electrons. The van der Waals surface area contributed by atoms with E-state index < -0.39 is 22.5 Å². The zero-order valence-electron chi connectivity index (χ0n) is 9.67. The Morgan fingerprint density at radius 1 is 1.32 bits per heavy atom. The molecule has 1 N–H and O–H groups in total. The number of benzene rings is 1. The fourth-order valence-corrected chi connectivity index (χ4v) is 1.58. The van der Waals surface area contributed by atoms with Gasteiger partial charge >= 0.3 is 11.9 Å². The monoisotopic (exact) mass is 321 g/mol. The highest BCUT2D eigenvalue weighted by atomic mass is 35.5. The summed E-state index contributed by atoms with van der Waals surface area (Å²) in [6.45, 7) is 0. The number of nitrogens with zero attached hydrogens (tertiary/aromatic N) is 1. The van der Waals surface area contributed by atoms with E-state index in [0.29, 0.717) is 5.56 Å². The van der Waals surface area contributed by atoms with Crippen LogP contribution in [-0.4, -0.2) is 33.8 Å². The normalized spacial score (nSPS) is 11.5. The number of carbonyl (C=O) groups excluding carboxylic acids is 1. The number of carboxylic acid groups (broad SMARTS) is 1. The van der Waals surface area contributed by atoms with Crippen LogP contribution in [0, 0.1) is 0 Å². The van der Waals surface area contributed by atoms with E-state index in [1.165, 1.54) is 11.8 Å². The third-order valence-electron chi connectivity index (χ3n) is 1.97. The Hall–Kier alpha value is -1.24. The number of hydrogen-bond donors (Lipinski definition) is 1. The molecule has 0 atom stereocenters. The van der Waals surface area contributed by atoms with Gasteiger partial charge in [-0.25, -0.2) is 9.59 Å². The Kier molecular flexibility index (Phi) is 6.14. The Bertz CT molecular complexity index is 502. The smallest absolute Gasteiger partial charge is 0.367 e. The molecule has 19 heavy (non-hydrogen) atoms. The molecule has 0 fully saturated rings. The van der Waals surface area contributed by atoms with Crippen molar-refractivity contribution in [1.29, 1.82) is 0 Å². The molecule has 1 aromatic carbocycles. The van der Waals surface area contributed by atoms with Gasteiger partial charge in [-0.15, -0.1) is 11.8 Å². The second-order valence-electron chi connectivity index (χ2n) is 3.18. The zero-order valence-corrected chi connectivity index (χ0v) is 12.0. The van der Waals surface area contributed by atoms with E-state index in [1.54, 1.807) is 24.3 Å². The van der Waals surface area contributed by atoms with E-state index in [4.69, 9.17) is 28.3 Å². The first-order valence-corrected chi connectivity index (χ1v) is 7.00. The minimum absolute atomic E-state index is 0.304. The molecular formula is C11H9Cl2NO4S. The summed E-state index contributed by atoms with van der Waals surface area (Å²) in [5, 5.41) is 12.3. The summed E-state index contributed by atoms with van der Waals surface area (Å²) in [7, 11) is 0. The van der Waals surface area contributed by atoms with Gasteiger partial charge in [0.25, 0.3) is 0 Å². The molecule has 0 spiro atoms. The Labute approximate surface area is 123 Å². The average molecular weight is 322 g/mol. The van der Waals surface area contributed by atoms with Crippen molar-refractivity contribution in [3.63, 3.8) is 0 Å². The van der Waals surface area contributed by atoms with Crippen LogP contribution in [0.25, 0.3) is 0 Å². The fourth-order valence-electron chi connectivity index (χ4n) is 1.09. The second-order valence-corrected chi connectivity index (χ2v) is 5.16. The zero-order chi connectivity index (χ0) is 14.4. The first-order valence-electron chi connectivity index (χ1n) is 4.90. The van der Waals surface area contributed by atoms with Gasteiger partial charge in [0, 0.05) is 10.5 Å². The molecule has 1 aromatic rings. The lowest BCUT2D eigenvalue weighted by molar-refractivity contribution is -0.141. The van der Waals surface area contributed by atoms with Crippen LogP contribution < -0.4 is 0 Å². The van der Waals surface area contributed by atoms with Crippen molar-refractivity contribution < 1.29 is 19.5 Å². The number of carboxylic acids is 1. The minimum atomic E-state index is -1.42. The first kappa shape index (κ1) is 15.8. The van der Waals surface area contributed by atoms with Crippen molar-refractivity contribution in [2.75, 3.05) is 6.26 Å². The molecule has 0 amide bonds. The molecule has 0 heterocycles. The number of carbonyl (C=O) groups is 2. The number of hydrogen-bond acceptors (Lipinski definition) is 5. The predicted molar refractivity (Wildman–Crippen MR) is 74.0 cm³/mol. The molecule has 0 aliphatic heterocycles. The molecule has 0 aliphatic rings. The largest absolute Gasteiger partial charge is 0.476 e. The van der Waals surface area contributed by atoms with Gasteiger partial charge in [-0.1, -0.05) is 40.5 Å². The van der Waals surface area contributed by atoms with Gasteiger partial charge in [0.2, 0.25) is 4.84 Å². The summed E-state index contributed by atoms with van der Waals surface area (Å²) >= 11 is 12.0. The second kappa shape index (κ2) is 7.37. The van der Waals surface area contributed by atoms with Crippen LogP contribution in [0.15, 0.2) is 34.3 Å². The molecule has 8 heteroatoms. The fraction of sp³-hybridized carbons (Fsp3) is 0.182. The Morgan fingerprint density at radius 3 is 2.32 bits per heavy atom. The Balaban J connectivity index is 2.96. The van der Waals surface area contributed by atoms with Crippen LogP contribution in [0.4, 0.5) is 0 Å². The van der Waals surface area contributed by atoms with E-state index >= 15 is 0 Å². The van der Waals surface area contributed by atoms with Crippen molar-refractivity contribution >= 4 is 52.6 Å². The maximum Gasteiger partial charge on any atom is 0.367 e. The van der Waals surface area contributed by atoms with Crippen LogP contribution in [0.1, 0.15) is 5.56 Å². The summed E-state index contributed by atoms with van der Waals surface area (Å²) in [5.41, 5.74) is -0.103. The molecule has 5 nitrogen and oxygen atoms in total.